The molecule has 0 heterocycles. The van der Waals surface area contributed by atoms with Crippen molar-refractivity contribution in [1.29, 1.82) is 0 Å². The monoisotopic (exact) mass is 269 g/mol. The summed E-state index contributed by atoms with van der Waals surface area (Å²) >= 11 is 0. The van der Waals surface area contributed by atoms with Gasteiger partial charge in [0.05, 0.1) is 6.04 Å². The van der Waals surface area contributed by atoms with E-state index in [1.807, 2.05) is 20.8 Å². The van der Waals surface area contributed by atoms with Gasteiger partial charge in [0.25, 0.3) is 0 Å². The average molecular weight is 269 g/mol. The van der Waals surface area contributed by atoms with Crippen LogP contribution in [0.25, 0.3) is 0 Å². The van der Waals surface area contributed by atoms with Crippen LogP contribution in [0.5, 0.6) is 0 Å². The van der Waals surface area contributed by atoms with Crippen LogP contribution < -0.4 is 5.32 Å². The minimum atomic E-state index is -0.419. The Morgan fingerprint density at radius 3 is 1.79 bits per heavy atom. The van der Waals surface area contributed by atoms with E-state index in [2.05, 4.69) is 33.0 Å². The molecular weight excluding hydrogens is 238 g/mol. The lowest BCUT2D eigenvalue weighted by Crippen LogP contribution is -2.46. The zero-order valence-electron chi connectivity index (χ0n) is 13.8. The lowest BCUT2D eigenvalue weighted by molar-refractivity contribution is -0.134. The number of carbonyl (C=O) groups excluding carboxylic acids is 2. The Morgan fingerprint density at radius 2 is 1.47 bits per heavy atom. The molecule has 3 heteroatoms. The molecule has 0 unspecified atom stereocenters. The molecule has 0 aliphatic carbocycles. The minimum absolute atomic E-state index is 0.00815. The predicted molar refractivity (Wildman–Crippen MR) is 79.8 cm³/mol. The molecule has 0 aliphatic heterocycles. The van der Waals surface area contributed by atoms with Crippen LogP contribution in [0.3, 0.4) is 0 Å². The summed E-state index contributed by atoms with van der Waals surface area (Å²) in [6.45, 7) is 15.8. The summed E-state index contributed by atoms with van der Waals surface area (Å²) in [6, 6.07) is -0.416. The molecule has 1 amide bonds. The molecule has 0 aromatic carbocycles. The minimum Gasteiger partial charge on any atom is -0.346 e. The third-order valence-electron chi connectivity index (χ3n) is 3.36. The van der Waals surface area contributed by atoms with E-state index in [0.29, 0.717) is 11.8 Å². The Morgan fingerprint density at radius 1 is 1.00 bits per heavy atom. The predicted octanol–water partition coefficient (Wildman–Crippen LogP) is 3.42. The van der Waals surface area contributed by atoms with Crippen LogP contribution in [0.1, 0.15) is 61.8 Å². The van der Waals surface area contributed by atoms with Crippen molar-refractivity contribution < 1.29 is 9.59 Å². The fraction of sp³-hybridized carbons (Fsp3) is 0.875. The number of carbonyl (C=O) groups is 2. The van der Waals surface area contributed by atoms with E-state index in [0.717, 1.165) is 6.42 Å². The number of Topliss-reactive ketones (excluding diaryl/α,β-unsaturated/α-hetero) is 1. The molecule has 19 heavy (non-hydrogen) atoms. The maximum atomic E-state index is 12.3. The Balaban J connectivity index is 4.69. The summed E-state index contributed by atoms with van der Waals surface area (Å²) in [5, 5.41) is 2.88. The van der Waals surface area contributed by atoms with Crippen molar-refractivity contribution in [3.05, 3.63) is 0 Å². The van der Waals surface area contributed by atoms with Gasteiger partial charge < -0.3 is 5.32 Å². The second-order valence-corrected chi connectivity index (χ2v) is 7.32. The zero-order valence-corrected chi connectivity index (χ0v) is 13.8. The number of hydrogen-bond donors (Lipinski definition) is 1. The highest BCUT2D eigenvalue weighted by molar-refractivity contribution is 5.92. The Bertz CT molecular complexity index is 313. The molecule has 0 radical (unpaired) electrons. The van der Waals surface area contributed by atoms with Gasteiger partial charge in [-0.15, -0.1) is 0 Å². The number of ketones is 1. The Kier molecular flexibility index (Phi) is 6.74. The first-order chi connectivity index (χ1) is 8.46. The van der Waals surface area contributed by atoms with Crippen LogP contribution in [-0.2, 0) is 9.59 Å². The van der Waals surface area contributed by atoms with Gasteiger partial charge in [-0.1, -0.05) is 48.5 Å². The SMILES string of the molecule is CC(C)C[C@H](C(=O)N[C@@H](C)C(=O)C(C)(C)C)C(C)C. The van der Waals surface area contributed by atoms with E-state index < -0.39 is 11.5 Å². The zero-order chi connectivity index (χ0) is 15.4. The lowest BCUT2D eigenvalue weighted by atomic mass is 9.85. The normalized spacial score (nSPS) is 15.5. The highest BCUT2D eigenvalue weighted by Crippen LogP contribution is 2.22. The molecule has 0 rings (SSSR count). The largest absolute Gasteiger partial charge is 0.346 e. The number of hydrogen-bond acceptors (Lipinski definition) is 2. The van der Waals surface area contributed by atoms with Crippen LogP contribution in [0.15, 0.2) is 0 Å². The van der Waals surface area contributed by atoms with Crippen LogP contribution in [0, 0.1) is 23.2 Å². The van der Waals surface area contributed by atoms with Gasteiger partial charge in [0.15, 0.2) is 5.78 Å². The molecule has 3 nitrogen and oxygen atoms in total. The summed E-state index contributed by atoms with van der Waals surface area (Å²) in [5.74, 6) is 0.836. The summed E-state index contributed by atoms with van der Waals surface area (Å²) in [5.41, 5.74) is -0.419. The van der Waals surface area contributed by atoms with Crippen molar-refractivity contribution in [2.45, 2.75) is 67.9 Å². The maximum absolute atomic E-state index is 12.3. The van der Waals surface area contributed by atoms with E-state index in [4.69, 9.17) is 0 Å². The quantitative estimate of drug-likeness (QED) is 0.803. The second kappa shape index (κ2) is 7.06. The first-order valence-corrected chi connectivity index (χ1v) is 7.31. The van der Waals surface area contributed by atoms with Crippen LogP contribution in [-0.4, -0.2) is 17.7 Å². The molecular formula is C16H31NO2. The molecule has 1 N–H and O–H groups in total. The highest BCUT2D eigenvalue weighted by atomic mass is 16.2. The molecule has 0 saturated carbocycles. The standard InChI is InChI=1S/C16H31NO2/c1-10(2)9-13(11(3)4)15(19)17-12(5)14(18)16(6,7)8/h10-13H,9H2,1-8H3,(H,17,19)/t12-,13-/m0/s1. The summed E-state index contributed by atoms with van der Waals surface area (Å²) in [4.78, 5) is 24.4. The molecule has 112 valence electrons. The molecule has 0 aliphatic rings. The van der Waals surface area contributed by atoms with Crippen molar-refractivity contribution >= 4 is 11.7 Å². The van der Waals surface area contributed by atoms with Gasteiger partial charge in [-0.25, -0.2) is 0 Å². The van der Waals surface area contributed by atoms with E-state index in [1.54, 1.807) is 6.92 Å². The van der Waals surface area contributed by atoms with Gasteiger partial charge in [0.2, 0.25) is 5.91 Å². The van der Waals surface area contributed by atoms with Crippen molar-refractivity contribution in [1.82, 2.24) is 5.32 Å². The third-order valence-corrected chi connectivity index (χ3v) is 3.36. The van der Waals surface area contributed by atoms with E-state index in [-0.39, 0.29) is 17.6 Å². The van der Waals surface area contributed by atoms with Crippen LogP contribution in [0.2, 0.25) is 0 Å². The maximum Gasteiger partial charge on any atom is 0.223 e. The second-order valence-electron chi connectivity index (χ2n) is 7.32. The van der Waals surface area contributed by atoms with Gasteiger partial charge in [-0.2, -0.15) is 0 Å². The van der Waals surface area contributed by atoms with E-state index >= 15 is 0 Å². The molecule has 0 saturated heterocycles. The summed E-state index contributed by atoms with van der Waals surface area (Å²) in [6.07, 6.45) is 0.861. The Labute approximate surface area is 118 Å². The first kappa shape index (κ1) is 18.1. The van der Waals surface area contributed by atoms with Crippen molar-refractivity contribution in [2.75, 3.05) is 0 Å². The van der Waals surface area contributed by atoms with Gasteiger partial charge >= 0.3 is 0 Å². The number of amides is 1. The van der Waals surface area contributed by atoms with Crippen LogP contribution >= 0.6 is 0 Å². The van der Waals surface area contributed by atoms with Crippen LogP contribution in [0.4, 0.5) is 0 Å². The average Bonchev–Trinajstić information content (AvgIpc) is 2.22. The van der Waals surface area contributed by atoms with Gasteiger partial charge in [0.1, 0.15) is 0 Å². The molecule has 2 atom stereocenters. The van der Waals surface area contributed by atoms with E-state index in [9.17, 15) is 9.59 Å². The molecule has 0 aromatic rings. The van der Waals surface area contributed by atoms with Crippen molar-refractivity contribution in [3.8, 4) is 0 Å². The van der Waals surface area contributed by atoms with Crippen molar-refractivity contribution in [3.63, 3.8) is 0 Å². The summed E-state index contributed by atoms with van der Waals surface area (Å²) < 4.78 is 0. The van der Waals surface area contributed by atoms with E-state index in [1.165, 1.54) is 0 Å². The fourth-order valence-electron chi connectivity index (χ4n) is 2.23. The number of nitrogens with one attached hydrogen (secondary N) is 1. The Hall–Kier alpha value is -0.860. The van der Waals surface area contributed by atoms with Gasteiger partial charge in [-0.05, 0) is 25.2 Å². The van der Waals surface area contributed by atoms with Gasteiger partial charge in [0, 0.05) is 11.3 Å². The fourth-order valence-corrected chi connectivity index (χ4v) is 2.23. The number of rotatable bonds is 6. The smallest absolute Gasteiger partial charge is 0.223 e. The summed E-state index contributed by atoms with van der Waals surface area (Å²) in [7, 11) is 0. The molecule has 0 aromatic heterocycles. The van der Waals surface area contributed by atoms with Crippen molar-refractivity contribution in [2.24, 2.45) is 23.2 Å². The topological polar surface area (TPSA) is 46.2 Å². The van der Waals surface area contributed by atoms with Gasteiger partial charge in [-0.3, -0.25) is 9.59 Å². The molecule has 0 spiro atoms. The third kappa shape index (κ3) is 6.22. The lowest BCUT2D eigenvalue weighted by Gasteiger charge is -2.27. The first-order valence-electron chi connectivity index (χ1n) is 7.31. The molecule has 0 bridgehead atoms. The highest BCUT2D eigenvalue weighted by Gasteiger charge is 2.30. The molecule has 0 fully saturated rings.